The minimum atomic E-state index is -0.317. The van der Waals surface area contributed by atoms with E-state index in [1.54, 1.807) is 38.4 Å². The molecule has 2 aromatic rings. The van der Waals surface area contributed by atoms with Crippen LogP contribution in [0.25, 0.3) is 6.08 Å². The van der Waals surface area contributed by atoms with Crippen LogP contribution in [0.3, 0.4) is 0 Å². The Labute approximate surface area is 189 Å². The summed E-state index contributed by atoms with van der Waals surface area (Å²) in [6, 6.07) is 5.60. The van der Waals surface area contributed by atoms with Gasteiger partial charge in [0.2, 0.25) is 0 Å². The average Bonchev–Trinajstić information content (AvgIpc) is 3.37. The van der Waals surface area contributed by atoms with Gasteiger partial charge in [-0.15, -0.1) is 0 Å². The molecule has 0 atom stereocenters. The number of hydrogen-bond donors (Lipinski definition) is 0. The van der Waals surface area contributed by atoms with Crippen molar-refractivity contribution < 1.29 is 9.21 Å². The fraction of sp³-hybridized carbons (Fsp3) is 0.364. The molecule has 4 heterocycles. The smallest absolute Gasteiger partial charge is 0.270 e. The van der Waals surface area contributed by atoms with Crippen LogP contribution >= 0.6 is 24.0 Å². The lowest BCUT2D eigenvalue weighted by Crippen LogP contribution is -2.36. The molecule has 0 aromatic carbocycles. The number of rotatable bonds is 4. The molecule has 160 valence electrons. The van der Waals surface area contributed by atoms with E-state index >= 15 is 0 Å². The Kier molecular flexibility index (Phi) is 6.03. The first-order chi connectivity index (χ1) is 14.9. The molecule has 9 heteroatoms. The van der Waals surface area contributed by atoms with Crippen LogP contribution in [-0.4, -0.2) is 32.8 Å². The van der Waals surface area contributed by atoms with Crippen LogP contribution in [0.1, 0.15) is 41.7 Å². The third-order valence-electron chi connectivity index (χ3n) is 5.67. The lowest BCUT2D eigenvalue weighted by atomic mass is 10.0. The molecule has 0 bridgehead atoms. The van der Waals surface area contributed by atoms with Crippen molar-refractivity contribution in [2.45, 2.75) is 32.7 Å². The zero-order valence-electron chi connectivity index (χ0n) is 17.4. The van der Waals surface area contributed by atoms with E-state index in [1.165, 1.54) is 21.2 Å². The molecule has 0 spiro atoms. The molecule has 0 unspecified atom stereocenters. The molecular formula is C22H22N4O3S2. The fourth-order valence-electron chi connectivity index (χ4n) is 4.03. The lowest BCUT2D eigenvalue weighted by molar-refractivity contribution is -0.122. The standard InChI is InChI=1S/C22H22N4O3S2/c1-14-16(11-18-21(28)26(22(30)31-18)13-15-7-6-10-29-15)19(25-8-4-3-5-9-25)24(2)20(27)17(14)12-23/h6-7,10-11H,3-5,8-9,13H2,1-2H3. The molecule has 0 N–H and O–H groups in total. The van der Waals surface area contributed by atoms with Crippen molar-refractivity contribution in [2.24, 2.45) is 7.05 Å². The summed E-state index contributed by atoms with van der Waals surface area (Å²) in [7, 11) is 1.69. The Balaban J connectivity index is 1.80. The highest BCUT2D eigenvalue weighted by molar-refractivity contribution is 8.26. The topological polar surface area (TPSA) is 82.5 Å². The third kappa shape index (κ3) is 3.93. The summed E-state index contributed by atoms with van der Waals surface area (Å²) in [5, 5.41) is 9.58. The Morgan fingerprint density at radius 2 is 2.03 bits per heavy atom. The Morgan fingerprint density at radius 1 is 1.29 bits per heavy atom. The first kappa shape index (κ1) is 21.4. The molecule has 2 aliphatic rings. The van der Waals surface area contributed by atoms with E-state index in [4.69, 9.17) is 16.6 Å². The van der Waals surface area contributed by atoms with Crippen molar-refractivity contribution >= 4 is 46.1 Å². The molecule has 7 nitrogen and oxygen atoms in total. The van der Waals surface area contributed by atoms with Gasteiger partial charge < -0.3 is 9.32 Å². The van der Waals surface area contributed by atoms with E-state index in [-0.39, 0.29) is 23.6 Å². The summed E-state index contributed by atoms with van der Waals surface area (Å²) in [5.74, 6) is 1.19. The molecule has 0 saturated carbocycles. The molecule has 2 aliphatic heterocycles. The molecule has 0 aliphatic carbocycles. The summed E-state index contributed by atoms with van der Waals surface area (Å²) >= 11 is 6.66. The third-order valence-corrected chi connectivity index (χ3v) is 7.04. The van der Waals surface area contributed by atoms with Gasteiger partial charge in [0.1, 0.15) is 27.5 Å². The van der Waals surface area contributed by atoms with Crippen molar-refractivity contribution in [3.63, 3.8) is 0 Å². The van der Waals surface area contributed by atoms with E-state index in [1.807, 2.05) is 6.07 Å². The van der Waals surface area contributed by atoms with E-state index in [9.17, 15) is 14.9 Å². The zero-order chi connectivity index (χ0) is 22.1. The first-order valence-corrected chi connectivity index (χ1v) is 11.3. The fourth-order valence-corrected chi connectivity index (χ4v) is 5.26. The van der Waals surface area contributed by atoms with E-state index < -0.39 is 0 Å². The number of thiocarbonyl (C=S) groups is 1. The van der Waals surface area contributed by atoms with Gasteiger partial charge >= 0.3 is 0 Å². The van der Waals surface area contributed by atoms with E-state index in [0.29, 0.717) is 20.5 Å². The normalized spacial score (nSPS) is 18.2. The van der Waals surface area contributed by atoms with Gasteiger partial charge in [0.15, 0.2) is 0 Å². The van der Waals surface area contributed by atoms with Gasteiger partial charge in [0, 0.05) is 25.7 Å². The van der Waals surface area contributed by atoms with Gasteiger partial charge in [-0.05, 0) is 50.0 Å². The number of piperidine rings is 1. The molecule has 2 aromatic heterocycles. The van der Waals surface area contributed by atoms with Crippen LogP contribution in [0.4, 0.5) is 5.82 Å². The monoisotopic (exact) mass is 454 g/mol. The number of nitriles is 1. The number of carbonyl (C=O) groups excluding carboxylic acids is 1. The predicted octanol–water partition coefficient (Wildman–Crippen LogP) is 3.55. The first-order valence-electron chi connectivity index (χ1n) is 10.1. The number of furan rings is 1. The van der Waals surface area contributed by atoms with Gasteiger partial charge in [-0.25, -0.2) is 0 Å². The number of thioether (sulfide) groups is 1. The second-order valence-electron chi connectivity index (χ2n) is 7.61. The quantitative estimate of drug-likeness (QED) is 0.516. The summed E-state index contributed by atoms with van der Waals surface area (Å²) in [5.41, 5.74) is 1.09. The lowest BCUT2D eigenvalue weighted by Gasteiger charge is -2.32. The van der Waals surface area contributed by atoms with Crippen LogP contribution < -0.4 is 10.5 Å². The predicted molar refractivity (Wildman–Crippen MR) is 125 cm³/mol. The Bertz CT molecular complexity index is 1170. The summed E-state index contributed by atoms with van der Waals surface area (Å²) in [4.78, 5) is 30.1. The van der Waals surface area contributed by atoms with Crippen LogP contribution in [0, 0.1) is 18.3 Å². The van der Waals surface area contributed by atoms with Gasteiger partial charge in [-0.2, -0.15) is 5.26 Å². The maximum atomic E-state index is 13.1. The van der Waals surface area contributed by atoms with Crippen LogP contribution in [-0.2, 0) is 18.4 Å². The maximum absolute atomic E-state index is 13.1. The van der Waals surface area contributed by atoms with E-state index in [0.717, 1.165) is 43.7 Å². The molecule has 4 rings (SSSR count). The van der Waals surface area contributed by atoms with Crippen molar-refractivity contribution in [1.29, 1.82) is 5.26 Å². The second kappa shape index (κ2) is 8.73. The highest BCUT2D eigenvalue weighted by Gasteiger charge is 2.33. The van der Waals surface area contributed by atoms with Crippen molar-refractivity contribution in [2.75, 3.05) is 18.0 Å². The van der Waals surface area contributed by atoms with Crippen LogP contribution in [0.5, 0.6) is 0 Å². The zero-order valence-corrected chi connectivity index (χ0v) is 19.0. The average molecular weight is 455 g/mol. The highest BCUT2D eigenvalue weighted by atomic mass is 32.2. The minimum Gasteiger partial charge on any atom is -0.467 e. The Hall–Kier alpha value is -2.83. The van der Waals surface area contributed by atoms with Gasteiger partial charge in [0.25, 0.3) is 11.5 Å². The van der Waals surface area contributed by atoms with Gasteiger partial charge in [0.05, 0.1) is 17.7 Å². The largest absolute Gasteiger partial charge is 0.467 e. The highest BCUT2D eigenvalue weighted by Crippen LogP contribution is 2.36. The minimum absolute atomic E-state index is 0.0978. The molecule has 31 heavy (non-hydrogen) atoms. The molecular weight excluding hydrogens is 432 g/mol. The number of aromatic nitrogens is 1. The number of pyridine rings is 1. The SMILES string of the molecule is Cc1c(C=C2SC(=S)N(Cc3ccco3)C2=O)c(N2CCCCC2)n(C)c(=O)c1C#N. The number of hydrogen-bond acceptors (Lipinski definition) is 7. The number of carbonyl (C=O) groups is 1. The molecule has 0 radical (unpaired) electrons. The van der Waals surface area contributed by atoms with Gasteiger partial charge in [-0.1, -0.05) is 24.0 Å². The van der Waals surface area contributed by atoms with E-state index in [2.05, 4.69) is 4.90 Å². The molecule has 1 amide bonds. The summed E-state index contributed by atoms with van der Waals surface area (Å²) < 4.78 is 7.35. The number of amides is 1. The molecule has 2 fully saturated rings. The summed E-state index contributed by atoms with van der Waals surface area (Å²) in [6.07, 6.45) is 6.57. The van der Waals surface area contributed by atoms with Crippen molar-refractivity contribution in [3.05, 3.63) is 56.1 Å². The van der Waals surface area contributed by atoms with Crippen LogP contribution in [0.2, 0.25) is 0 Å². The maximum Gasteiger partial charge on any atom is 0.270 e. The van der Waals surface area contributed by atoms with Gasteiger partial charge in [-0.3, -0.25) is 19.1 Å². The Morgan fingerprint density at radius 3 is 2.68 bits per heavy atom. The number of anilines is 1. The molecule has 2 saturated heterocycles. The van der Waals surface area contributed by atoms with Crippen molar-refractivity contribution in [3.8, 4) is 6.07 Å². The number of nitrogens with zero attached hydrogens (tertiary/aromatic N) is 4. The summed E-state index contributed by atoms with van der Waals surface area (Å²) in [6.45, 7) is 3.70. The van der Waals surface area contributed by atoms with Crippen LogP contribution in [0.15, 0.2) is 32.5 Å². The van der Waals surface area contributed by atoms with Crippen molar-refractivity contribution in [1.82, 2.24) is 9.47 Å². The second-order valence-corrected chi connectivity index (χ2v) is 9.28.